The first-order chi connectivity index (χ1) is 8.65. The second-order valence-electron chi connectivity index (χ2n) is 5.45. The highest BCUT2D eigenvalue weighted by Gasteiger charge is 2.33. The summed E-state index contributed by atoms with van der Waals surface area (Å²) < 4.78 is 19.5. The summed E-state index contributed by atoms with van der Waals surface area (Å²) in [5.41, 5.74) is 6.24. The molecule has 1 saturated carbocycles. The lowest BCUT2D eigenvalue weighted by atomic mass is 9.79. The predicted octanol–water partition coefficient (Wildman–Crippen LogP) is 3.25. The molecular weight excluding hydrogens is 229 g/mol. The Morgan fingerprint density at radius 2 is 2.00 bits per heavy atom. The van der Waals surface area contributed by atoms with Crippen LogP contribution in [0.3, 0.4) is 0 Å². The van der Waals surface area contributed by atoms with Crippen molar-refractivity contribution in [2.24, 2.45) is 11.7 Å². The van der Waals surface area contributed by atoms with Crippen molar-refractivity contribution in [3.8, 4) is 0 Å². The topological polar surface area (TPSA) is 35.2 Å². The molecular formula is C15H22FNO. The normalized spacial score (nSPS) is 28.3. The van der Waals surface area contributed by atoms with Gasteiger partial charge in [-0.2, -0.15) is 0 Å². The lowest BCUT2D eigenvalue weighted by Crippen LogP contribution is -2.43. The fourth-order valence-corrected chi connectivity index (χ4v) is 2.54. The van der Waals surface area contributed by atoms with E-state index in [9.17, 15) is 4.39 Å². The molecule has 1 aromatic rings. The van der Waals surface area contributed by atoms with Gasteiger partial charge in [0, 0.05) is 12.1 Å². The number of rotatable bonds is 4. The van der Waals surface area contributed by atoms with Crippen LogP contribution < -0.4 is 5.73 Å². The van der Waals surface area contributed by atoms with Crippen LogP contribution in [-0.4, -0.2) is 12.1 Å². The smallest absolute Gasteiger partial charge is 0.128 e. The fourth-order valence-electron chi connectivity index (χ4n) is 2.54. The molecule has 18 heavy (non-hydrogen) atoms. The number of halogens is 1. The molecule has 0 aliphatic heterocycles. The van der Waals surface area contributed by atoms with E-state index >= 15 is 0 Å². The van der Waals surface area contributed by atoms with E-state index in [-0.39, 0.29) is 11.4 Å². The van der Waals surface area contributed by atoms with E-state index in [0.717, 1.165) is 31.6 Å². The summed E-state index contributed by atoms with van der Waals surface area (Å²) in [6, 6.07) is 6.77. The number of hydrogen-bond acceptors (Lipinski definition) is 2. The summed E-state index contributed by atoms with van der Waals surface area (Å²) >= 11 is 0. The quantitative estimate of drug-likeness (QED) is 0.891. The van der Waals surface area contributed by atoms with E-state index in [1.807, 2.05) is 6.07 Å². The van der Waals surface area contributed by atoms with E-state index in [2.05, 4.69) is 6.92 Å². The fraction of sp³-hybridized carbons (Fsp3) is 0.600. The first-order valence-electron chi connectivity index (χ1n) is 6.73. The number of hydrogen-bond donors (Lipinski definition) is 1. The molecule has 2 nitrogen and oxygen atoms in total. The molecule has 2 N–H and O–H groups in total. The van der Waals surface area contributed by atoms with Gasteiger partial charge in [0.25, 0.3) is 0 Å². The Balaban J connectivity index is 1.97. The van der Waals surface area contributed by atoms with Crippen LogP contribution in [0.25, 0.3) is 0 Å². The predicted molar refractivity (Wildman–Crippen MR) is 70.6 cm³/mol. The lowest BCUT2D eigenvalue weighted by Gasteiger charge is -2.38. The number of nitrogens with two attached hydrogens (primary N) is 1. The van der Waals surface area contributed by atoms with E-state index in [4.69, 9.17) is 10.5 Å². The molecule has 1 fully saturated rings. The molecule has 0 bridgehead atoms. The molecule has 0 unspecified atom stereocenters. The summed E-state index contributed by atoms with van der Waals surface area (Å²) in [5.74, 6) is 0.551. The molecule has 1 aromatic carbocycles. The Labute approximate surface area is 108 Å². The molecule has 0 saturated heterocycles. The highest BCUT2D eigenvalue weighted by atomic mass is 19.1. The van der Waals surface area contributed by atoms with Crippen LogP contribution in [0.4, 0.5) is 4.39 Å². The van der Waals surface area contributed by atoms with Gasteiger partial charge < -0.3 is 10.5 Å². The van der Waals surface area contributed by atoms with E-state index < -0.39 is 0 Å². The van der Waals surface area contributed by atoms with Crippen molar-refractivity contribution in [3.63, 3.8) is 0 Å². The van der Waals surface area contributed by atoms with Crippen LogP contribution in [-0.2, 0) is 11.3 Å². The first kappa shape index (κ1) is 13.5. The third-order valence-corrected chi connectivity index (χ3v) is 4.05. The number of benzene rings is 1. The molecule has 100 valence electrons. The van der Waals surface area contributed by atoms with Gasteiger partial charge in [0.05, 0.1) is 12.2 Å². The maximum Gasteiger partial charge on any atom is 0.128 e. The molecule has 0 heterocycles. The van der Waals surface area contributed by atoms with Gasteiger partial charge in [-0.3, -0.25) is 0 Å². The van der Waals surface area contributed by atoms with Crippen LogP contribution >= 0.6 is 0 Å². The standard InChI is InChI=1S/C15H22FNO/c1-12-6-8-15(11-17,9-7-12)18-10-13-4-2-3-5-14(13)16/h2-5,12H,6-11,17H2,1H3. The summed E-state index contributed by atoms with van der Waals surface area (Å²) in [5, 5.41) is 0. The van der Waals surface area contributed by atoms with Crippen molar-refractivity contribution >= 4 is 0 Å². The Bertz CT molecular complexity index is 386. The average Bonchev–Trinajstić information content (AvgIpc) is 2.40. The molecule has 0 atom stereocenters. The Hall–Kier alpha value is -0.930. The average molecular weight is 251 g/mol. The zero-order valence-electron chi connectivity index (χ0n) is 11.0. The minimum atomic E-state index is -0.241. The van der Waals surface area contributed by atoms with E-state index in [1.165, 1.54) is 6.07 Å². The summed E-state index contributed by atoms with van der Waals surface area (Å²) in [7, 11) is 0. The van der Waals surface area contributed by atoms with Gasteiger partial charge in [-0.1, -0.05) is 25.1 Å². The summed E-state index contributed by atoms with van der Waals surface area (Å²) in [6.45, 7) is 3.10. The van der Waals surface area contributed by atoms with Gasteiger partial charge in [-0.05, 0) is 37.7 Å². The van der Waals surface area contributed by atoms with Crippen molar-refractivity contribution in [2.75, 3.05) is 6.54 Å². The van der Waals surface area contributed by atoms with Gasteiger partial charge in [-0.15, -0.1) is 0 Å². The molecule has 0 amide bonds. The first-order valence-corrected chi connectivity index (χ1v) is 6.73. The van der Waals surface area contributed by atoms with Crippen molar-refractivity contribution in [1.82, 2.24) is 0 Å². The number of ether oxygens (including phenoxy) is 1. The molecule has 1 aliphatic rings. The molecule has 0 radical (unpaired) electrons. The minimum absolute atomic E-state index is 0.200. The third-order valence-electron chi connectivity index (χ3n) is 4.05. The summed E-state index contributed by atoms with van der Waals surface area (Å²) in [4.78, 5) is 0. The maximum atomic E-state index is 13.5. The largest absolute Gasteiger partial charge is 0.369 e. The zero-order valence-corrected chi connectivity index (χ0v) is 11.0. The van der Waals surface area contributed by atoms with Crippen molar-refractivity contribution < 1.29 is 9.13 Å². The molecule has 0 spiro atoms. The van der Waals surface area contributed by atoms with Gasteiger partial charge in [0.15, 0.2) is 0 Å². The molecule has 0 aromatic heterocycles. The highest BCUT2D eigenvalue weighted by molar-refractivity contribution is 5.16. The van der Waals surface area contributed by atoms with Crippen LogP contribution in [0.15, 0.2) is 24.3 Å². The third kappa shape index (κ3) is 3.09. The van der Waals surface area contributed by atoms with Gasteiger partial charge in [0.1, 0.15) is 5.82 Å². The monoisotopic (exact) mass is 251 g/mol. The van der Waals surface area contributed by atoms with Crippen LogP contribution in [0.5, 0.6) is 0 Å². The van der Waals surface area contributed by atoms with Crippen molar-refractivity contribution in [2.45, 2.75) is 44.8 Å². The molecule has 3 heteroatoms. The van der Waals surface area contributed by atoms with Crippen LogP contribution in [0, 0.1) is 11.7 Å². The van der Waals surface area contributed by atoms with Crippen molar-refractivity contribution in [3.05, 3.63) is 35.6 Å². The van der Waals surface area contributed by atoms with E-state index in [0.29, 0.717) is 18.7 Å². The molecule has 1 aliphatic carbocycles. The molecule has 2 rings (SSSR count). The minimum Gasteiger partial charge on any atom is -0.369 e. The second-order valence-corrected chi connectivity index (χ2v) is 5.45. The summed E-state index contributed by atoms with van der Waals surface area (Å²) in [6.07, 6.45) is 4.27. The lowest BCUT2D eigenvalue weighted by molar-refractivity contribution is -0.0806. The highest BCUT2D eigenvalue weighted by Crippen LogP contribution is 2.34. The zero-order chi connectivity index (χ0) is 13.0. The van der Waals surface area contributed by atoms with Crippen LogP contribution in [0.1, 0.15) is 38.2 Å². The Morgan fingerprint density at radius 1 is 1.33 bits per heavy atom. The second kappa shape index (κ2) is 5.81. The SMILES string of the molecule is CC1CCC(CN)(OCc2ccccc2F)CC1. The maximum absolute atomic E-state index is 13.5. The van der Waals surface area contributed by atoms with Gasteiger partial charge in [-0.25, -0.2) is 4.39 Å². The van der Waals surface area contributed by atoms with Crippen molar-refractivity contribution in [1.29, 1.82) is 0 Å². The Kier molecular flexibility index (Phi) is 4.36. The van der Waals surface area contributed by atoms with Gasteiger partial charge in [0.2, 0.25) is 0 Å². The van der Waals surface area contributed by atoms with Gasteiger partial charge >= 0.3 is 0 Å². The Morgan fingerprint density at radius 3 is 2.61 bits per heavy atom. The van der Waals surface area contributed by atoms with Crippen LogP contribution in [0.2, 0.25) is 0 Å². The van der Waals surface area contributed by atoms with E-state index in [1.54, 1.807) is 12.1 Å².